The largest absolute Gasteiger partial charge is 0.348 e. The van der Waals surface area contributed by atoms with Gasteiger partial charge in [0, 0.05) is 17.0 Å². The predicted molar refractivity (Wildman–Crippen MR) is 62.8 cm³/mol. The number of Topliss-reactive ketones (excluding diaryl/α,β-unsaturated/α-hetero) is 1. The number of carbonyl (C=O) groups excluding carboxylic acids is 1. The van der Waals surface area contributed by atoms with Gasteiger partial charge in [-0.3, -0.25) is 4.79 Å². The van der Waals surface area contributed by atoms with E-state index in [1.165, 1.54) is 0 Å². The Kier molecular flexibility index (Phi) is 2.95. The summed E-state index contributed by atoms with van der Waals surface area (Å²) in [5, 5.41) is 0. The molecule has 0 spiro atoms. The summed E-state index contributed by atoms with van der Waals surface area (Å²) in [4.78, 5) is 11.8. The lowest BCUT2D eigenvalue weighted by Gasteiger charge is -2.23. The third kappa shape index (κ3) is 2.40. The second-order valence-electron chi connectivity index (χ2n) is 4.69. The van der Waals surface area contributed by atoms with Gasteiger partial charge in [-0.15, -0.1) is 0 Å². The molecule has 1 aromatic rings. The fourth-order valence-corrected chi connectivity index (χ4v) is 2.07. The Morgan fingerprint density at radius 3 is 2.29 bits per heavy atom. The molecule has 1 aliphatic carbocycles. The Morgan fingerprint density at radius 1 is 1.06 bits per heavy atom. The van der Waals surface area contributed by atoms with Crippen molar-refractivity contribution in [1.82, 2.24) is 0 Å². The number of benzene rings is 1. The SMILES string of the molecule is O=C(c1ccc(C2OCCCO2)cc1)C1CC1. The van der Waals surface area contributed by atoms with Crippen molar-refractivity contribution >= 4 is 5.78 Å². The molecule has 1 heterocycles. The summed E-state index contributed by atoms with van der Waals surface area (Å²) >= 11 is 0. The van der Waals surface area contributed by atoms with Gasteiger partial charge in [0.15, 0.2) is 12.1 Å². The van der Waals surface area contributed by atoms with E-state index in [0.29, 0.717) is 0 Å². The third-order valence-corrected chi connectivity index (χ3v) is 3.24. The summed E-state index contributed by atoms with van der Waals surface area (Å²) in [6, 6.07) is 7.64. The molecule has 1 saturated carbocycles. The summed E-state index contributed by atoms with van der Waals surface area (Å²) < 4.78 is 11.0. The van der Waals surface area contributed by atoms with Crippen LogP contribution in [0.5, 0.6) is 0 Å². The molecule has 0 aromatic heterocycles. The Labute approximate surface area is 101 Å². The molecule has 0 bridgehead atoms. The molecular weight excluding hydrogens is 216 g/mol. The van der Waals surface area contributed by atoms with E-state index in [0.717, 1.165) is 43.6 Å². The van der Waals surface area contributed by atoms with Crippen LogP contribution < -0.4 is 0 Å². The monoisotopic (exact) mass is 232 g/mol. The van der Waals surface area contributed by atoms with Crippen LogP contribution in [-0.4, -0.2) is 19.0 Å². The van der Waals surface area contributed by atoms with Gasteiger partial charge in [-0.25, -0.2) is 0 Å². The molecular formula is C14H16O3. The van der Waals surface area contributed by atoms with Gasteiger partial charge in [-0.05, 0) is 19.3 Å². The van der Waals surface area contributed by atoms with Gasteiger partial charge >= 0.3 is 0 Å². The molecule has 0 amide bonds. The van der Waals surface area contributed by atoms with Crippen LogP contribution in [0, 0.1) is 5.92 Å². The lowest BCUT2D eigenvalue weighted by atomic mass is 10.0. The van der Waals surface area contributed by atoms with Crippen LogP contribution in [-0.2, 0) is 9.47 Å². The zero-order chi connectivity index (χ0) is 11.7. The number of ether oxygens (including phenoxy) is 2. The van der Waals surface area contributed by atoms with Crippen molar-refractivity contribution in [2.45, 2.75) is 25.6 Å². The molecule has 1 aliphatic heterocycles. The van der Waals surface area contributed by atoms with Crippen molar-refractivity contribution in [3.63, 3.8) is 0 Å². The standard InChI is InChI=1S/C14H16O3/c15-13(10-2-3-10)11-4-6-12(7-5-11)14-16-8-1-9-17-14/h4-7,10,14H,1-3,8-9H2. The van der Waals surface area contributed by atoms with E-state index in [4.69, 9.17) is 9.47 Å². The van der Waals surface area contributed by atoms with Gasteiger partial charge in [0.05, 0.1) is 13.2 Å². The first kappa shape index (κ1) is 10.9. The predicted octanol–water partition coefficient (Wildman–Crippen LogP) is 2.71. The Morgan fingerprint density at radius 2 is 1.71 bits per heavy atom. The number of hydrogen-bond acceptors (Lipinski definition) is 3. The van der Waals surface area contributed by atoms with E-state index < -0.39 is 0 Å². The van der Waals surface area contributed by atoms with Crippen molar-refractivity contribution in [2.75, 3.05) is 13.2 Å². The highest BCUT2D eigenvalue weighted by Crippen LogP contribution is 2.33. The fourth-order valence-electron chi connectivity index (χ4n) is 2.07. The van der Waals surface area contributed by atoms with E-state index in [9.17, 15) is 4.79 Å². The minimum absolute atomic E-state index is 0.256. The minimum Gasteiger partial charge on any atom is -0.348 e. The molecule has 2 fully saturated rings. The maximum atomic E-state index is 11.8. The number of carbonyl (C=O) groups is 1. The van der Waals surface area contributed by atoms with Crippen molar-refractivity contribution in [3.8, 4) is 0 Å². The molecule has 0 unspecified atom stereocenters. The highest BCUT2D eigenvalue weighted by molar-refractivity contribution is 5.99. The van der Waals surface area contributed by atoms with E-state index in [1.54, 1.807) is 0 Å². The Bertz CT molecular complexity index is 400. The summed E-state index contributed by atoms with van der Waals surface area (Å²) in [5.41, 5.74) is 1.81. The zero-order valence-corrected chi connectivity index (χ0v) is 9.72. The van der Waals surface area contributed by atoms with Crippen LogP contribution in [0.15, 0.2) is 24.3 Å². The molecule has 3 nitrogen and oxygen atoms in total. The average Bonchev–Trinajstić information content (AvgIpc) is 3.24. The fraction of sp³-hybridized carbons (Fsp3) is 0.500. The van der Waals surface area contributed by atoms with Crippen LogP contribution in [0.4, 0.5) is 0 Å². The first-order valence-electron chi connectivity index (χ1n) is 6.22. The normalized spacial score (nSPS) is 21.4. The lowest BCUT2D eigenvalue weighted by Crippen LogP contribution is -2.17. The maximum absolute atomic E-state index is 11.8. The number of hydrogen-bond donors (Lipinski definition) is 0. The van der Waals surface area contributed by atoms with Gasteiger partial charge in [0.2, 0.25) is 0 Å². The number of ketones is 1. The molecule has 3 heteroatoms. The summed E-state index contributed by atoms with van der Waals surface area (Å²) in [5.74, 6) is 0.560. The summed E-state index contributed by atoms with van der Waals surface area (Å²) in [7, 11) is 0. The maximum Gasteiger partial charge on any atom is 0.183 e. The molecule has 0 radical (unpaired) electrons. The highest BCUT2D eigenvalue weighted by Gasteiger charge is 2.30. The van der Waals surface area contributed by atoms with Crippen molar-refractivity contribution in [1.29, 1.82) is 0 Å². The molecule has 0 N–H and O–H groups in total. The molecule has 1 aromatic carbocycles. The quantitative estimate of drug-likeness (QED) is 0.752. The van der Waals surface area contributed by atoms with Crippen molar-refractivity contribution in [2.24, 2.45) is 5.92 Å². The average molecular weight is 232 g/mol. The van der Waals surface area contributed by atoms with E-state index in [2.05, 4.69) is 0 Å². The summed E-state index contributed by atoms with van der Waals surface area (Å²) in [6.07, 6.45) is 2.80. The van der Waals surface area contributed by atoms with Crippen LogP contribution in [0.3, 0.4) is 0 Å². The van der Waals surface area contributed by atoms with Crippen LogP contribution in [0.1, 0.15) is 41.5 Å². The second kappa shape index (κ2) is 4.59. The first-order valence-corrected chi connectivity index (χ1v) is 6.22. The van der Waals surface area contributed by atoms with E-state index in [1.807, 2.05) is 24.3 Å². The van der Waals surface area contributed by atoms with Crippen LogP contribution in [0.2, 0.25) is 0 Å². The van der Waals surface area contributed by atoms with Gasteiger partial charge in [0.25, 0.3) is 0 Å². The first-order chi connectivity index (χ1) is 8.34. The Hall–Kier alpha value is -1.19. The van der Waals surface area contributed by atoms with Gasteiger partial charge < -0.3 is 9.47 Å². The topological polar surface area (TPSA) is 35.5 Å². The second-order valence-corrected chi connectivity index (χ2v) is 4.69. The molecule has 1 saturated heterocycles. The number of rotatable bonds is 3. The summed E-state index contributed by atoms with van der Waals surface area (Å²) in [6.45, 7) is 1.49. The van der Waals surface area contributed by atoms with Crippen LogP contribution in [0.25, 0.3) is 0 Å². The molecule has 0 atom stereocenters. The Balaban J connectivity index is 1.72. The van der Waals surface area contributed by atoms with Crippen molar-refractivity contribution < 1.29 is 14.3 Å². The smallest absolute Gasteiger partial charge is 0.183 e. The molecule has 17 heavy (non-hydrogen) atoms. The molecule has 2 aliphatic rings. The lowest BCUT2D eigenvalue weighted by molar-refractivity contribution is -0.183. The van der Waals surface area contributed by atoms with E-state index >= 15 is 0 Å². The van der Waals surface area contributed by atoms with Crippen molar-refractivity contribution in [3.05, 3.63) is 35.4 Å². The molecule has 90 valence electrons. The van der Waals surface area contributed by atoms with Gasteiger partial charge in [0.1, 0.15) is 0 Å². The third-order valence-electron chi connectivity index (χ3n) is 3.24. The highest BCUT2D eigenvalue weighted by atomic mass is 16.7. The van der Waals surface area contributed by atoms with Gasteiger partial charge in [-0.1, -0.05) is 24.3 Å². The zero-order valence-electron chi connectivity index (χ0n) is 9.72. The van der Waals surface area contributed by atoms with E-state index in [-0.39, 0.29) is 18.0 Å². The van der Waals surface area contributed by atoms with Crippen LogP contribution >= 0.6 is 0 Å². The molecule has 3 rings (SSSR count). The van der Waals surface area contributed by atoms with Gasteiger partial charge in [-0.2, -0.15) is 0 Å². The minimum atomic E-state index is -0.256.